The largest absolute Gasteiger partial charge is 0.358 e. The van der Waals surface area contributed by atoms with E-state index in [0.717, 1.165) is 0 Å². The lowest BCUT2D eigenvalue weighted by atomic mass is 10.6. The molecule has 4 nitrogen and oxygen atoms in total. The number of H-pyrrole nitrogens is 1. The van der Waals surface area contributed by atoms with Crippen LogP contribution in [0.5, 0.6) is 0 Å². The molecule has 0 aliphatic rings. The molecule has 1 rings (SSSR count). The first-order valence-corrected chi connectivity index (χ1v) is 3.16. The van der Waals surface area contributed by atoms with Crippen molar-refractivity contribution < 1.29 is 4.48 Å². The maximum Gasteiger partial charge on any atom is 0.358 e. The van der Waals surface area contributed by atoms with E-state index in [4.69, 9.17) is 23.2 Å². The van der Waals surface area contributed by atoms with Crippen molar-refractivity contribution in [1.82, 2.24) is 9.77 Å². The van der Waals surface area contributed by atoms with Crippen LogP contribution in [0, 0.1) is 0 Å². The predicted molar refractivity (Wildman–Crippen MR) is 37.8 cm³/mol. The first-order chi connectivity index (χ1) is 5.04. The van der Waals surface area contributed by atoms with E-state index >= 15 is 0 Å². The van der Waals surface area contributed by atoms with Crippen molar-refractivity contribution in [3.05, 3.63) is 31.0 Å². The highest BCUT2D eigenvalue weighted by molar-refractivity contribution is 6.40. The second-order valence-electron chi connectivity index (χ2n) is 1.64. The summed E-state index contributed by atoms with van der Waals surface area (Å²) in [5.41, 5.74) is -2.51. The van der Waals surface area contributed by atoms with Gasteiger partial charge in [-0.15, -0.1) is 0 Å². The fourth-order valence-electron chi connectivity index (χ4n) is 0.470. The van der Waals surface area contributed by atoms with E-state index in [1.807, 2.05) is 4.98 Å². The lowest BCUT2D eigenvalue weighted by Crippen LogP contribution is -2.30. The zero-order valence-electron chi connectivity index (χ0n) is 4.90. The lowest BCUT2D eigenvalue weighted by Gasteiger charge is -1.93. The molecule has 0 spiro atoms. The van der Waals surface area contributed by atoms with E-state index in [1.165, 1.54) is 0 Å². The zero-order valence-corrected chi connectivity index (χ0v) is 6.41. The van der Waals surface area contributed by atoms with Gasteiger partial charge in [0.15, 0.2) is 0 Å². The summed E-state index contributed by atoms with van der Waals surface area (Å²) in [4.78, 5) is 22.1. The summed E-state index contributed by atoms with van der Waals surface area (Å²) in [7, 11) is 0. The summed E-state index contributed by atoms with van der Waals surface area (Å²) in [6, 6.07) is 0. The third-order valence-corrected chi connectivity index (χ3v) is 1.68. The average Bonchev–Trinajstić information content (AvgIpc) is 1.97. The molecule has 0 saturated carbocycles. The summed E-state index contributed by atoms with van der Waals surface area (Å²) in [5, 5.41) is -0.913. The van der Waals surface area contributed by atoms with Gasteiger partial charge in [0.1, 0.15) is 10.2 Å². The van der Waals surface area contributed by atoms with Crippen LogP contribution >= 0.6 is 23.2 Å². The minimum Gasteiger partial charge on any atom is -0.294 e. The molecule has 0 radical (unpaired) electrons. The predicted octanol–water partition coefficient (Wildman–Crippen LogP) is 0.576. The second kappa shape index (κ2) is 2.67. The van der Waals surface area contributed by atoms with E-state index in [1.54, 1.807) is 0 Å². The maximum atomic E-state index is 12.3. The molecule has 0 aliphatic carbocycles. The molecule has 1 N–H and O–H groups in total. The molecular formula is C4HCl2FN2O2. The van der Waals surface area contributed by atoms with Gasteiger partial charge in [-0.2, -0.15) is 0 Å². The monoisotopic (exact) mass is 198 g/mol. The van der Waals surface area contributed by atoms with Gasteiger partial charge in [0, 0.05) is 0 Å². The summed E-state index contributed by atoms with van der Waals surface area (Å²) in [5.74, 6) is 0. The molecule has 0 atom stereocenters. The van der Waals surface area contributed by atoms with Crippen molar-refractivity contribution >= 4 is 23.2 Å². The molecule has 11 heavy (non-hydrogen) atoms. The van der Waals surface area contributed by atoms with Crippen LogP contribution in [-0.2, 0) is 0 Å². The molecule has 0 saturated heterocycles. The van der Waals surface area contributed by atoms with Gasteiger partial charge in [-0.05, 0) is 0 Å². The van der Waals surface area contributed by atoms with E-state index in [2.05, 4.69) is 0 Å². The Balaban J connectivity index is 3.74. The molecular weight excluding hydrogens is 198 g/mol. The van der Waals surface area contributed by atoms with Crippen LogP contribution < -0.4 is 11.2 Å². The van der Waals surface area contributed by atoms with Crippen LogP contribution in [0.4, 0.5) is 4.48 Å². The Morgan fingerprint density at radius 2 is 1.91 bits per heavy atom. The number of hydrogen-bond acceptors (Lipinski definition) is 2. The molecule has 0 unspecified atom stereocenters. The molecule has 0 fully saturated rings. The summed E-state index contributed by atoms with van der Waals surface area (Å²) < 4.78 is 12.3. The third-order valence-electron chi connectivity index (χ3n) is 0.954. The molecule has 0 aromatic carbocycles. The zero-order chi connectivity index (χ0) is 8.59. The van der Waals surface area contributed by atoms with Crippen LogP contribution in [0.15, 0.2) is 9.59 Å². The lowest BCUT2D eigenvalue weighted by molar-refractivity contribution is 0.330. The van der Waals surface area contributed by atoms with Crippen molar-refractivity contribution in [3.63, 3.8) is 0 Å². The Bertz CT molecular complexity index is 396. The first-order valence-electron chi connectivity index (χ1n) is 2.40. The first kappa shape index (κ1) is 8.29. The van der Waals surface area contributed by atoms with Crippen molar-refractivity contribution in [2.24, 2.45) is 0 Å². The number of nitrogens with zero attached hydrogens (tertiary/aromatic N) is 1. The van der Waals surface area contributed by atoms with E-state index in [-0.39, 0.29) is 5.15 Å². The number of nitrogens with one attached hydrogen (secondary N) is 1. The van der Waals surface area contributed by atoms with Crippen LogP contribution in [0.3, 0.4) is 0 Å². The van der Waals surface area contributed by atoms with Gasteiger partial charge in [-0.25, -0.2) is 4.79 Å². The molecule has 0 amide bonds. The van der Waals surface area contributed by atoms with Crippen molar-refractivity contribution in [3.8, 4) is 0 Å². The smallest absolute Gasteiger partial charge is 0.294 e. The number of hydrogen-bond donors (Lipinski definition) is 1. The van der Waals surface area contributed by atoms with Gasteiger partial charge in [0.25, 0.3) is 0 Å². The highest BCUT2D eigenvalue weighted by Crippen LogP contribution is 2.10. The van der Waals surface area contributed by atoms with Crippen LogP contribution in [-0.4, -0.2) is 9.77 Å². The Hall–Kier alpha value is -0.810. The molecule has 7 heteroatoms. The van der Waals surface area contributed by atoms with Crippen molar-refractivity contribution in [2.75, 3.05) is 0 Å². The SMILES string of the molecule is O=c1[nH]c(Cl)c(Cl)c(=O)n1F. The Morgan fingerprint density at radius 1 is 1.36 bits per heavy atom. The number of aromatic nitrogens is 2. The number of rotatable bonds is 0. The summed E-state index contributed by atoms with van der Waals surface area (Å²) in [6.45, 7) is 0. The van der Waals surface area contributed by atoms with Crippen LogP contribution in [0.1, 0.15) is 0 Å². The molecule has 0 bridgehead atoms. The fraction of sp³-hybridized carbons (Fsp3) is 0. The van der Waals surface area contributed by atoms with E-state index in [0.29, 0.717) is 0 Å². The molecule has 1 heterocycles. The highest BCUT2D eigenvalue weighted by atomic mass is 35.5. The minimum atomic E-state index is -1.26. The Labute approximate surface area is 69.1 Å². The standard InChI is InChI=1S/C4HCl2FN2O2/c5-1-2(6)8-4(11)9(7)3(1)10/h(H,8,11). The van der Waals surface area contributed by atoms with Gasteiger partial charge in [-0.3, -0.25) is 9.78 Å². The topological polar surface area (TPSA) is 54.9 Å². The molecule has 60 valence electrons. The van der Waals surface area contributed by atoms with Gasteiger partial charge in [-0.1, -0.05) is 32.5 Å². The quantitative estimate of drug-likeness (QED) is 0.621. The normalized spacial score (nSPS) is 10.1. The van der Waals surface area contributed by atoms with Crippen LogP contribution in [0.2, 0.25) is 10.2 Å². The van der Waals surface area contributed by atoms with Crippen LogP contribution in [0.25, 0.3) is 0 Å². The number of halogens is 3. The van der Waals surface area contributed by atoms with Gasteiger partial charge in [0.05, 0.1) is 0 Å². The average molecular weight is 199 g/mol. The third kappa shape index (κ3) is 1.29. The number of aromatic amines is 1. The minimum absolute atomic E-state index is 0.365. The maximum absolute atomic E-state index is 12.3. The van der Waals surface area contributed by atoms with Gasteiger partial charge >= 0.3 is 11.2 Å². The van der Waals surface area contributed by atoms with Gasteiger partial charge in [0.2, 0.25) is 0 Å². The Morgan fingerprint density at radius 3 is 2.45 bits per heavy atom. The molecule has 1 aromatic heterocycles. The highest BCUT2D eigenvalue weighted by Gasteiger charge is 2.08. The van der Waals surface area contributed by atoms with Gasteiger partial charge < -0.3 is 0 Å². The second-order valence-corrected chi connectivity index (χ2v) is 2.40. The van der Waals surface area contributed by atoms with Crippen molar-refractivity contribution in [2.45, 2.75) is 0 Å². The molecule has 1 aromatic rings. The summed E-state index contributed by atoms with van der Waals surface area (Å²) in [6.07, 6.45) is 0. The fourth-order valence-corrected chi connectivity index (χ4v) is 0.753. The van der Waals surface area contributed by atoms with Crippen molar-refractivity contribution in [1.29, 1.82) is 0 Å². The summed E-state index contributed by atoms with van der Waals surface area (Å²) >= 11 is 10.4. The molecule has 0 aliphatic heterocycles. The van der Waals surface area contributed by atoms with E-state index < -0.39 is 21.1 Å². The van der Waals surface area contributed by atoms with E-state index in [9.17, 15) is 14.1 Å². The Kier molecular flexibility index (Phi) is 2.01.